The lowest BCUT2D eigenvalue weighted by molar-refractivity contribution is 0.122. The first-order valence-electron chi connectivity index (χ1n) is 11.8. The maximum atomic E-state index is 12.3. The van der Waals surface area contributed by atoms with Crippen LogP contribution in [0.5, 0.6) is 17.2 Å². The molecule has 178 valence electrons. The maximum absolute atomic E-state index is 12.3. The van der Waals surface area contributed by atoms with Crippen molar-refractivity contribution in [3.8, 4) is 28.4 Å². The summed E-state index contributed by atoms with van der Waals surface area (Å²) in [6, 6.07) is 20.7. The summed E-state index contributed by atoms with van der Waals surface area (Å²) in [5.41, 5.74) is 3.72. The highest BCUT2D eigenvalue weighted by molar-refractivity contribution is 5.88. The van der Waals surface area contributed by atoms with Gasteiger partial charge in [0.25, 0.3) is 0 Å². The van der Waals surface area contributed by atoms with Gasteiger partial charge in [0, 0.05) is 56.3 Å². The van der Waals surface area contributed by atoms with E-state index in [0.717, 1.165) is 60.7 Å². The lowest BCUT2D eigenvalue weighted by atomic mass is 10.0. The van der Waals surface area contributed by atoms with E-state index in [1.807, 2.05) is 36.4 Å². The van der Waals surface area contributed by atoms with E-state index in [1.54, 1.807) is 18.2 Å². The van der Waals surface area contributed by atoms with Crippen molar-refractivity contribution < 1.29 is 19.0 Å². The van der Waals surface area contributed by atoms with Crippen LogP contribution < -0.4 is 15.1 Å². The van der Waals surface area contributed by atoms with Gasteiger partial charge in [0.15, 0.2) is 11.5 Å². The molecule has 3 aromatic carbocycles. The number of piperazine rings is 1. The summed E-state index contributed by atoms with van der Waals surface area (Å²) in [5.74, 6) is 1.79. The number of benzene rings is 3. The second kappa shape index (κ2) is 9.09. The van der Waals surface area contributed by atoms with Crippen molar-refractivity contribution in [2.45, 2.75) is 13.1 Å². The van der Waals surface area contributed by atoms with Crippen LogP contribution in [0.2, 0.25) is 0 Å². The lowest BCUT2D eigenvalue weighted by Gasteiger charge is -2.34. The van der Waals surface area contributed by atoms with Crippen LogP contribution in [0.4, 0.5) is 0 Å². The van der Waals surface area contributed by atoms with Gasteiger partial charge in [0.1, 0.15) is 11.3 Å². The van der Waals surface area contributed by atoms with Crippen molar-refractivity contribution >= 4 is 11.0 Å². The Labute approximate surface area is 202 Å². The van der Waals surface area contributed by atoms with E-state index < -0.39 is 0 Å². The fourth-order valence-corrected chi connectivity index (χ4v) is 4.89. The summed E-state index contributed by atoms with van der Waals surface area (Å²) in [5, 5.41) is 11.5. The third kappa shape index (κ3) is 4.48. The van der Waals surface area contributed by atoms with Crippen LogP contribution >= 0.6 is 0 Å². The molecule has 2 aliphatic heterocycles. The van der Waals surface area contributed by atoms with Gasteiger partial charge in [0.2, 0.25) is 6.79 Å². The van der Waals surface area contributed by atoms with Crippen LogP contribution in [0.1, 0.15) is 11.1 Å². The van der Waals surface area contributed by atoms with Crippen molar-refractivity contribution in [1.29, 1.82) is 0 Å². The fourth-order valence-electron chi connectivity index (χ4n) is 4.89. The zero-order chi connectivity index (χ0) is 23.8. The molecule has 0 bridgehead atoms. The molecular weight excluding hydrogens is 444 g/mol. The molecule has 7 heteroatoms. The fraction of sp³-hybridized carbons (Fsp3) is 0.250. The highest BCUT2D eigenvalue weighted by Crippen LogP contribution is 2.35. The molecule has 6 rings (SSSR count). The van der Waals surface area contributed by atoms with Gasteiger partial charge in [-0.3, -0.25) is 9.80 Å². The van der Waals surface area contributed by atoms with Crippen LogP contribution in [0.25, 0.3) is 22.1 Å². The average molecular weight is 471 g/mol. The van der Waals surface area contributed by atoms with Crippen molar-refractivity contribution in [2.24, 2.45) is 0 Å². The number of phenols is 1. The van der Waals surface area contributed by atoms with Crippen LogP contribution in [0.3, 0.4) is 0 Å². The van der Waals surface area contributed by atoms with Gasteiger partial charge in [-0.2, -0.15) is 0 Å². The summed E-state index contributed by atoms with van der Waals surface area (Å²) in [4.78, 5) is 17.1. The zero-order valence-electron chi connectivity index (χ0n) is 19.3. The number of ether oxygens (including phenoxy) is 2. The standard InChI is InChI=1S/C28H26N2O5/c31-24-14-23-21(13-28(32)35-26(23)15-22(24)20-4-2-1-3-5-20)17-30-10-8-29(9-11-30)16-19-6-7-25-27(12-19)34-18-33-25/h1-7,12-15,31H,8-11,16-18H2. The second-order valence-electron chi connectivity index (χ2n) is 9.06. The Bertz CT molecular complexity index is 1420. The largest absolute Gasteiger partial charge is 0.507 e. The van der Waals surface area contributed by atoms with Crippen molar-refractivity contribution in [3.05, 3.63) is 88.3 Å². The molecular formula is C28H26N2O5. The molecule has 0 atom stereocenters. The summed E-state index contributed by atoms with van der Waals surface area (Å²) >= 11 is 0. The Morgan fingerprint density at radius 2 is 1.54 bits per heavy atom. The first-order valence-corrected chi connectivity index (χ1v) is 11.8. The molecule has 0 unspecified atom stereocenters. The van der Waals surface area contributed by atoms with Gasteiger partial charge in [-0.15, -0.1) is 0 Å². The van der Waals surface area contributed by atoms with Gasteiger partial charge in [-0.25, -0.2) is 4.79 Å². The van der Waals surface area contributed by atoms with Gasteiger partial charge < -0.3 is 19.0 Å². The van der Waals surface area contributed by atoms with Crippen molar-refractivity contribution in [1.82, 2.24) is 9.80 Å². The highest BCUT2D eigenvalue weighted by Gasteiger charge is 2.21. The lowest BCUT2D eigenvalue weighted by Crippen LogP contribution is -2.45. The summed E-state index contributed by atoms with van der Waals surface area (Å²) < 4.78 is 16.4. The van der Waals surface area contributed by atoms with Crippen LogP contribution in [-0.2, 0) is 13.1 Å². The minimum atomic E-state index is -0.376. The third-order valence-corrected chi connectivity index (χ3v) is 6.73. The van der Waals surface area contributed by atoms with Gasteiger partial charge in [-0.05, 0) is 41.0 Å². The average Bonchev–Trinajstić information content (AvgIpc) is 3.34. The highest BCUT2D eigenvalue weighted by atomic mass is 16.7. The van der Waals surface area contributed by atoms with Gasteiger partial charge >= 0.3 is 5.63 Å². The van der Waals surface area contributed by atoms with Crippen LogP contribution in [-0.4, -0.2) is 47.9 Å². The molecule has 0 spiro atoms. The Morgan fingerprint density at radius 1 is 0.800 bits per heavy atom. The summed E-state index contributed by atoms with van der Waals surface area (Å²) in [7, 11) is 0. The normalized spacial score (nSPS) is 16.1. The number of nitrogens with zero attached hydrogens (tertiary/aromatic N) is 2. The molecule has 0 saturated carbocycles. The zero-order valence-corrected chi connectivity index (χ0v) is 19.3. The Balaban J connectivity index is 1.17. The Kier molecular flexibility index (Phi) is 5.64. The molecule has 7 nitrogen and oxygen atoms in total. The molecule has 1 saturated heterocycles. The molecule has 0 amide bonds. The molecule has 3 heterocycles. The van der Waals surface area contributed by atoms with Crippen LogP contribution in [0, 0.1) is 0 Å². The molecule has 2 aliphatic rings. The minimum absolute atomic E-state index is 0.173. The number of hydrogen-bond donors (Lipinski definition) is 1. The van der Waals surface area contributed by atoms with E-state index in [-0.39, 0.29) is 18.2 Å². The summed E-state index contributed by atoms with van der Waals surface area (Å²) in [6.45, 7) is 5.41. The smallest absolute Gasteiger partial charge is 0.336 e. The summed E-state index contributed by atoms with van der Waals surface area (Å²) in [6.07, 6.45) is 0. The predicted octanol–water partition coefficient (Wildman–Crippen LogP) is 4.21. The number of aromatic hydroxyl groups is 1. The SMILES string of the molecule is O=c1cc(CN2CCN(Cc3ccc4c(c3)OCO4)CC2)c2cc(O)c(-c3ccccc3)cc2o1. The molecule has 1 N–H and O–H groups in total. The third-order valence-electron chi connectivity index (χ3n) is 6.73. The van der Waals surface area contributed by atoms with E-state index in [4.69, 9.17) is 13.9 Å². The van der Waals surface area contributed by atoms with Crippen molar-refractivity contribution in [3.63, 3.8) is 0 Å². The molecule has 0 radical (unpaired) electrons. The van der Waals surface area contributed by atoms with Crippen LogP contribution in [0.15, 0.2) is 75.9 Å². The molecule has 35 heavy (non-hydrogen) atoms. The number of hydrogen-bond acceptors (Lipinski definition) is 7. The maximum Gasteiger partial charge on any atom is 0.336 e. The van der Waals surface area contributed by atoms with E-state index in [0.29, 0.717) is 17.7 Å². The van der Waals surface area contributed by atoms with Gasteiger partial charge in [-0.1, -0.05) is 36.4 Å². The minimum Gasteiger partial charge on any atom is -0.507 e. The first kappa shape index (κ1) is 21.7. The number of fused-ring (bicyclic) bond motifs is 2. The monoisotopic (exact) mass is 470 g/mol. The molecule has 4 aromatic rings. The van der Waals surface area contributed by atoms with Crippen molar-refractivity contribution in [2.75, 3.05) is 33.0 Å². The number of phenolic OH excluding ortho intramolecular Hbond substituents is 1. The predicted molar refractivity (Wildman–Crippen MR) is 133 cm³/mol. The van der Waals surface area contributed by atoms with Gasteiger partial charge in [0.05, 0.1) is 0 Å². The van der Waals surface area contributed by atoms with E-state index >= 15 is 0 Å². The Hall–Kier alpha value is -3.81. The van der Waals surface area contributed by atoms with E-state index in [9.17, 15) is 9.90 Å². The Morgan fingerprint density at radius 3 is 2.34 bits per heavy atom. The molecule has 0 aliphatic carbocycles. The molecule has 1 aromatic heterocycles. The first-order chi connectivity index (χ1) is 17.1. The quantitative estimate of drug-likeness (QED) is 0.438. The second-order valence-corrected chi connectivity index (χ2v) is 9.06. The van der Waals surface area contributed by atoms with E-state index in [2.05, 4.69) is 21.9 Å². The van der Waals surface area contributed by atoms with E-state index in [1.165, 1.54) is 5.56 Å². The molecule has 1 fully saturated rings. The number of rotatable bonds is 5. The topological polar surface area (TPSA) is 75.4 Å².